The van der Waals surface area contributed by atoms with Gasteiger partial charge >= 0.3 is 0 Å². The molecule has 7 nitrogen and oxygen atoms in total. The van der Waals surface area contributed by atoms with Crippen molar-refractivity contribution in [1.82, 2.24) is 10.7 Å². The number of carbonyl (C=O) groups excluding carboxylic acids is 2. The molecule has 1 aromatic carbocycles. The van der Waals surface area contributed by atoms with E-state index in [1.807, 2.05) is 6.92 Å². The molecule has 0 bridgehead atoms. The molecule has 2 aromatic rings. The van der Waals surface area contributed by atoms with Crippen molar-refractivity contribution >= 4 is 18.0 Å². The van der Waals surface area contributed by atoms with E-state index in [4.69, 9.17) is 9.15 Å². The molecular weight excluding hydrogens is 310 g/mol. The maximum Gasteiger partial charge on any atom is 0.259 e. The second kappa shape index (κ2) is 9.14. The van der Waals surface area contributed by atoms with Crippen LogP contribution in [0.2, 0.25) is 0 Å². The minimum absolute atomic E-state index is 0.178. The molecule has 0 aliphatic rings. The standard InChI is InChI=1S/C17H19N3O4/c1-2-9-23-14-7-5-13(6-8-14)17(22)18-12-16(21)20-19-11-15-4-3-10-24-15/h3-8,10-11H,2,9,12H2,1H3,(H,18,22)(H,20,21). The Labute approximate surface area is 139 Å². The highest BCUT2D eigenvalue weighted by Crippen LogP contribution is 2.12. The van der Waals surface area contributed by atoms with Gasteiger partial charge < -0.3 is 14.5 Å². The van der Waals surface area contributed by atoms with Crippen LogP contribution in [-0.4, -0.2) is 31.2 Å². The third-order valence-corrected chi connectivity index (χ3v) is 2.92. The van der Waals surface area contributed by atoms with E-state index in [9.17, 15) is 9.59 Å². The van der Waals surface area contributed by atoms with Crippen molar-refractivity contribution in [3.05, 3.63) is 54.0 Å². The predicted molar refractivity (Wildman–Crippen MR) is 89.0 cm³/mol. The van der Waals surface area contributed by atoms with E-state index in [-0.39, 0.29) is 12.5 Å². The van der Waals surface area contributed by atoms with Crippen molar-refractivity contribution < 1.29 is 18.7 Å². The number of nitrogens with one attached hydrogen (secondary N) is 2. The van der Waals surface area contributed by atoms with Gasteiger partial charge in [-0.25, -0.2) is 5.43 Å². The summed E-state index contributed by atoms with van der Waals surface area (Å²) in [4.78, 5) is 23.5. The Kier molecular flexibility index (Phi) is 6.58. The summed E-state index contributed by atoms with van der Waals surface area (Å²) in [5, 5.41) is 6.23. The number of ether oxygens (including phenoxy) is 1. The summed E-state index contributed by atoms with van der Waals surface area (Å²) in [6.07, 6.45) is 3.79. The number of furan rings is 1. The van der Waals surface area contributed by atoms with Crippen LogP contribution in [0.5, 0.6) is 5.75 Å². The lowest BCUT2D eigenvalue weighted by molar-refractivity contribution is -0.120. The summed E-state index contributed by atoms with van der Waals surface area (Å²) in [5.74, 6) is 0.444. The maximum absolute atomic E-state index is 11.9. The molecule has 7 heteroatoms. The van der Waals surface area contributed by atoms with Crippen molar-refractivity contribution in [3.8, 4) is 5.75 Å². The third kappa shape index (κ3) is 5.60. The zero-order valence-corrected chi connectivity index (χ0v) is 13.3. The molecule has 0 saturated carbocycles. The zero-order valence-electron chi connectivity index (χ0n) is 13.3. The molecule has 1 aromatic heterocycles. The van der Waals surface area contributed by atoms with E-state index in [0.717, 1.165) is 6.42 Å². The molecule has 0 aliphatic carbocycles. The molecule has 1 heterocycles. The van der Waals surface area contributed by atoms with E-state index in [2.05, 4.69) is 15.8 Å². The van der Waals surface area contributed by atoms with Gasteiger partial charge in [0, 0.05) is 5.56 Å². The van der Waals surface area contributed by atoms with Gasteiger partial charge in [-0.1, -0.05) is 6.92 Å². The quantitative estimate of drug-likeness (QED) is 0.572. The van der Waals surface area contributed by atoms with Gasteiger partial charge in [0.15, 0.2) is 0 Å². The lowest BCUT2D eigenvalue weighted by Crippen LogP contribution is -2.34. The van der Waals surface area contributed by atoms with Gasteiger partial charge in [-0.2, -0.15) is 5.10 Å². The van der Waals surface area contributed by atoms with E-state index in [1.165, 1.54) is 12.5 Å². The molecule has 0 spiro atoms. The summed E-state index contributed by atoms with van der Waals surface area (Å²) in [7, 11) is 0. The molecule has 0 unspecified atom stereocenters. The lowest BCUT2D eigenvalue weighted by atomic mass is 10.2. The van der Waals surface area contributed by atoms with Crippen LogP contribution in [-0.2, 0) is 4.79 Å². The molecular formula is C17H19N3O4. The number of hydrogen-bond acceptors (Lipinski definition) is 5. The smallest absolute Gasteiger partial charge is 0.259 e. The highest BCUT2D eigenvalue weighted by Gasteiger charge is 2.07. The first-order valence-corrected chi connectivity index (χ1v) is 7.55. The molecule has 0 saturated heterocycles. The highest BCUT2D eigenvalue weighted by molar-refractivity contribution is 5.96. The minimum atomic E-state index is -0.436. The second-order valence-electron chi connectivity index (χ2n) is 4.86. The topological polar surface area (TPSA) is 92.9 Å². The van der Waals surface area contributed by atoms with Gasteiger partial charge in [0.05, 0.1) is 25.6 Å². The van der Waals surface area contributed by atoms with Gasteiger partial charge in [-0.05, 0) is 42.8 Å². The van der Waals surface area contributed by atoms with Gasteiger partial charge in [0.2, 0.25) is 0 Å². The average Bonchev–Trinajstić information content (AvgIpc) is 3.11. The molecule has 0 aliphatic heterocycles. The van der Waals surface area contributed by atoms with E-state index in [1.54, 1.807) is 36.4 Å². The molecule has 24 heavy (non-hydrogen) atoms. The molecule has 0 radical (unpaired) electrons. The second-order valence-corrected chi connectivity index (χ2v) is 4.86. The van der Waals surface area contributed by atoms with E-state index >= 15 is 0 Å². The first-order valence-electron chi connectivity index (χ1n) is 7.55. The first-order chi connectivity index (χ1) is 11.7. The summed E-state index contributed by atoms with van der Waals surface area (Å²) in [6.45, 7) is 2.47. The maximum atomic E-state index is 11.9. The SMILES string of the molecule is CCCOc1ccc(C(=O)NCC(=O)NN=Cc2ccco2)cc1. The van der Waals surface area contributed by atoms with Gasteiger partial charge in [-0.3, -0.25) is 9.59 Å². The number of hydrogen-bond donors (Lipinski definition) is 2. The minimum Gasteiger partial charge on any atom is -0.494 e. The average molecular weight is 329 g/mol. The molecule has 0 fully saturated rings. The van der Waals surface area contributed by atoms with Crippen molar-refractivity contribution in [2.75, 3.05) is 13.2 Å². The Bertz CT molecular complexity index is 678. The number of carbonyl (C=O) groups is 2. The van der Waals surface area contributed by atoms with Gasteiger partial charge in [0.1, 0.15) is 11.5 Å². The van der Waals surface area contributed by atoms with Gasteiger partial charge in [-0.15, -0.1) is 0 Å². The zero-order chi connectivity index (χ0) is 17.2. The highest BCUT2D eigenvalue weighted by atomic mass is 16.5. The Hall–Kier alpha value is -3.09. The normalized spacial score (nSPS) is 10.5. The van der Waals surface area contributed by atoms with Crippen molar-refractivity contribution in [1.29, 1.82) is 0 Å². The summed E-state index contributed by atoms with van der Waals surface area (Å²) in [6, 6.07) is 10.1. The van der Waals surface area contributed by atoms with Crippen LogP contribution in [0.1, 0.15) is 29.5 Å². The number of amides is 2. The monoisotopic (exact) mass is 329 g/mol. The van der Waals surface area contributed by atoms with Crippen molar-refractivity contribution in [2.24, 2.45) is 5.10 Å². The van der Waals surface area contributed by atoms with Crippen molar-refractivity contribution in [2.45, 2.75) is 13.3 Å². The summed E-state index contributed by atoms with van der Waals surface area (Å²) in [5.41, 5.74) is 2.75. The molecule has 2 N–H and O–H groups in total. The first kappa shape index (κ1) is 17.3. The fourth-order valence-corrected chi connectivity index (χ4v) is 1.76. The Morgan fingerprint density at radius 1 is 1.25 bits per heavy atom. The Morgan fingerprint density at radius 3 is 2.71 bits per heavy atom. The van der Waals surface area contributed by atoms with Crippen LogP contribution >= 0.6 is 0 Å². The van der Waals surface area contributed by atoms with Gasteiger partial charge in [0.25, 0.3) is 11.8 Å². The lowest BCUT2D eigenvalue weighted by Gasteiger charge is -2.06. The largest absolute Gasteiger partial charge is 0.494 e. The number of hydrazone groups is 1. The predicted octanol–water partition coefficient (Wildman–Crippen LogP) is 1.95. The Balaban J connectivity index is 1.74. The van der Waals surface area contributed by atoms with E-state index < -0.39 is 5.91 Å². The summed E-state index contributed by atoms with van der Waals surface area (Å²) >= 11 is 0. The molecule has 0 atom stereocenters. The van der Waals surface area contributed by atoms with Crippen LogP contribution in [0.25, 0.3) is 0 Å². The Morgan fingerprint density at radius 2 is 2.04 bits per heavy atom. The van der Waals surface area contributed by atoms with E-state index in [0.29, 0.717) is 23.7 Å². The number of nitrogens with zero attached hydrogens (tertiary/aromatic N) is 1. The number of benzene rings is 1. The molecule has 126 valence electrons. The summed E-state index contributed by atoms with van der Waals surface area (Å²) < 4.78 is 10.5. The van der Waals surface area contributed by atoms with Crippen LogP contribution in [0.3, 0.4) is 0 Å². The molecule has 2 amide bonds. The van der Waals surface area contributed by atoms with Crippen LogP contribution in [0.15, 0.2) is 52.2 Å². The van der Waals surface area contributed by atoms with Crippen LogP contribution in [0, 0.1) is 0 Å². The molecule has 2 rings (SSSR count). The van der Waals surface area contributed by atoms with Crippen molar-refractivity contribution in [3.63, 3.8) is 0 Å². The van der Waals surface area contributed by atoms with Crippen LogP contribution in [0.4, 0.5) is 0 Å². The number of rotatable bonds is 8. The third-order valence-electron chi connectivity index (χ3n) is 2.92. The fraction of sp³-hybridized carbons (Fsp3) is 0.235. The van der Waals surface area contributed by atoms with Crippen LogP contribution < -0.4 is 15.5 Å². The fourth-order valence-electron chi connectivity index (χ4n) is 1.76.